The second-order valence-corrected chi connectivity index (χ2v) is 7.21. The molecule has 0 spiro atoms. The molecule has 0 amide bonds. The number of rotatable bonds is 5. The molecule has 3 rings (SSSR count). The molecule has 0 aliphatic carbocycles. The number of thiazole rings is 1. The molecule has 1 aromatic carbocycles. The summed E-state index contributed by atoms with van der Waals surface area (Å²) in [7, 11) is 0. The number of esters is 1. The Balaban J connectivity index is 1.57. The van der Waals surface area contributed by atoms with Crippen LogP contribution in [-0.4, -0.2) is 20.9 Å². The molecule has 0 aliphatic heterocycles. The highest BCUT2D eigenvalue weighted by molar-refractivity contribution is 8.00. The Kier molecular flexibility index (Phi) is 5.66. The average molecular weight is 412 g/mol. The molecule has 3 aromatic rings. The van der Waals surface area contributed by atoms with E-state index in [1.54, 1.807) is 11.6 Å². The number of carbonyl (C=O) groups is 1. The van der Waals surface area contributed by atoms with Crippen molar-refractivity contribution in [2.45, 2.75) is 17.0 Å². The van der Waals surface area contributed by atoms with Crippen LogP contribution in [0.1, 0.15) is 11.3 Å². The van der Waals surface area contributed by atoms with Gasteiger partial charge in [0.1, 0.15) is 6.61 Å². The van der Waals surface area contributed by atoms with Gasteiger partial charge in [-0.3, -0.25) is 9.20 Å². The number of thioether (sulfide) groups is 1. The van der Waals surface area contributed by atoms with E-state index in [0.29, 0.717) is 16.2 Å². The van der Waals surface area contributed by atoms with Crippen molar-refractivity contribution in [2.75, 3.05) is 0 Å². The van der Waals surface area contributed by atoms with Gasteiger partial charge in [0, 0.05) is 28.6 Å². The molecule has 0 bridgehead atoms. The molecule has 0 N–H and O–H groups in total. The first-order valence-electron chi connectivity index (χ1n) is 7.46. The predicted molar refractivity (Wildman–Crippen MR) is 96.5 cm³/mol. The van der Waals surface area contributed by atoms with Crippen LogP contribution in [0.15, 0.2) is 57.7 Å². The monoisotopic (exact) mass is 412 g/mol. The maximum Gasteiger partial charge on any atom is 0.446 e. The molecule has 140 valence electrons. The number of halogens is 3. The predicted octanol–water partition coefficient (Wildman–Crippen LogP) is 4.12. The smallest absolute Gasteiger partial charge is 0.446 e. The van der Waals surface area contributed by atoms with Gasteiger partial charge in [0.2, 0.25) is 0 Å². The molecule has 0 aliphatic rings. The SMILES string of the molecule is O=C(C=Cc1ccc(SC(F)(F)F)cc1)OCc1cc(=O)n2ccsc2n1. The van der Waals surface area contributed by atoms with Crippen LogP contribution in [0.5, 0.6) is 0 Å². The van der Waals surface area contributed by atoms with Gasteiger partial charge in [0.05, 0.1) is 5.69 Å². The number of aromatic nitrogens is 2. The van der Waals surface area contributed by atoms with E-state index in [4.69, 9.17) is 4.74 Å². The van der Waals surface area contributed by atoms with Gasteiger partial charge in [-0.15, -0.1) is 11.3 Å². The summed E-state index contributed by atoms with van der Waals surface area (Å²) in [5, 5.41) is 1.72. The summed E-state index contributed by atoms with van der Waals surface area (Å²) in [6.45, 7) is -0.159. The van der Waals surface area contributed by atoms with E-state index in [9.17, 15) is 22.8 Å². The lowest BCUT2D eigenvalue weighted by atomic mass is 10.2. The van der Waals surface area contributed by atoms with Gasteiger partial charge in [0.15, 0.2) is 4.96 Å². The summed E-state index contributed by atoms with van der Waals surface area (Å²) in [5.74, 6) is -0.656. The van der Waals surface area contributed by atoms with Crippen LogP contribution < -0.4 is 5.56 Å². The summed E-state index contributed by atoms with van der Waals surface area (Å²) in [4.78, 5) is 28.4. The van der Waals surface area contributed by atoms with Gasteiger partial charge in [-0.2, -0.15) is 13.2 Å². The van der Waals surface area contributed by atoms with Crippen LogP contribution in [0.2, 0.25) is 0 Å². The zero-order valence-electron chi connectivity index (χ0n) is 13.5. The summed E-state index contributed by atoms with van der Waals surface area (Å²) in [6, 6.07) is 6.84. The molecular weight excluding hydrogens is 401 g/mol. The third-order valence-electron chi connectivity index (χ3n) is 3.24. The summed E-state index contributed by atoms with van der Waals surface area (Å²) in [6.07, 6.45) is 4.18. The Hall–Kier alpha value is -2.59. The van der Waals surface area contributed by atoms with Crippen LogP contribution in [0.25, 0.3) is 11.0 Å². The fourth-order valence-corrected chi connectivity index (χ4v) is 3.38. The van der Waals surface area contributed by atoms with Crippen molar-refractivity contribution in [3.63, 3.8) is 0 Å². The van der Waals surface area contributed by atoms with Crippen molar-refractivity contribution in [3.8, 4) is 0 Å². The van der Waals surface area contributed by atoms with Crippen molar-refractivity contribution in [2.24, 2.45) is 0 Å². The highest BCUT2D eigenvalue weighted by Crippen LogP contribution is 2.36. The van der Waals surface area contributed by atoms with E-state index in [0.717, 1.165) is 6.08 Å². The molecule has 0 atom stereocenters. The molecule has 2 heterocycles. The van der Waals surface area contributed by atoms with Crippen molar-refractivity contribution >= 4 is 40.1 Å². The fourth-order valence-electron chi connectivity index (χ4n) is 2.10. The Morgan fingerprint density at radius 3 is 2.74 bits per heavy atom. The molecule has 0 saturated carbocycles. The van der Waals surface area contributed by atoms with Crippen molar-refractivity contribution < 1.29 is 22.7 Å². The summed E-state index contributed by atoms with van der Waals surface area (Å²) < 4.78 is 43.2. The molecule has 0 radical (unpaired) electrons. The van der Waals surface area contributed by atoms with E-state index in [2.05, 4.69) is 4.98 Å². The van der Waals surface area contributed by atoms with Gasteiger partial charge in [-0.05, 0) is 35.5 Å². The van der Waals surface area contributed by atoms with Crippen LogP contribution >= 0.6 is 23.1 Å². The minimum Gasteiger partial charge on any atom is -0.456 e. The normalized spacial score (nSPS) is 12.0. The Morgan fingerprint density at radius 2 is 2.04 bits per heavy atom. The van der Waals surface area contributed by atoms with Crippen LogP contribution in [0, 0.1) is 0 Å². The minimum absolute atomic E-state index is 0.0588. The average Bonchev–Trinajstić information content (AvgIpc) is 3.07. The van der Waals surface area contributed by atoms with Gasteiger partial charge < -0.3 is 4.74 Å². The number of fused-ring (bicyclic) bond motifs is 1. The molecule has 5 nitrogen and oxygen atoms in total. The quantitative estimate of drug-likeness (QED) is 0.358. The van der Waals surface area contributed by atoms with Crippen molar-refractivity contribution in [1.82, 2.24) is 9.38 Å². The first-order valence-corrected chi connectivity index (χ1v) is 9.16. The Morgan fingerprint density at radius 1 is 1.30 bits per heavy atom. The van der Waals surface area contributed by atoms with E-state index in [-0.39, 0.29) is 28.8 Å². The van der Waals surface area contributed by atoms with Gasteiger partial charge >= 0.3 is 11.5 Å². The molecule has 27 heavy (non-hydrogen) atoms. The zero-order valence-corrected chi connectivity index (χ0v) is 15.1. The van der Waals surface area contributed by atoms with Crippen LogP contribution in [-0.2, 0) is 16.1 Å². The maximum atomic E-state index is 12.3. The zero-order chi connectivity index (χ0) is 19.4. The minimum atomic E-state index is -4.34. The lowest BCUT2D eigenvalue weighted by molar-refractivity contribution is -0.139. The molecule has 0 saturated heterocycles. The van der Waals surface area contributed by atoms with Gasteiger partial charge in [0.25, 0.3) is 5.56 Å². The third kappa shape index (κ3) is 5.44. The number of hydrogen-bond donors (Lipinski definition) is 0. The first kappa shape index (κ1) is 19.2. The number of ether oxygens (including phenoxy) is 1. The van der Waals surface area contributed by atoms with Crippen molar-refractivity contribution in [1.29, 1.82) is 0 Å². The second kappa shape index (κ2) is 7.97. The number of benzene rings is 1. The number of hydrogen-bond acceptors (Lipinski definition) is 6. The highest BCUT2D eigenvalue weighted by Gasteiger charge is 2.28. The molecule has 2 aromatic heterocycles. The Labute approximate surface area is 159 Å². The number of alkyl halides is 3. The van der Waals surface area contributed by atoms with Gasteiger partial charge in [-0.1, -0.05) is 12.1 Å². The standard InChI is InChI=1S/C17H11F3N2O3S2/c18-17(19,20)27-13-4-1-11(2-5-13)3-6-15(24)25-10-12-9-14(23)22-7-8-26-16(22)21-12/h1-9H,10H2. The number of carbonyl (C=O) groups excluding carboxylic acids is 1. The van der Waals surface area contributed by atoms with Gasteiger partial charge in [-0.25, -0.2) is 9.78 Å². The first-order chi connectivity index (χ1) is 12.8. The molecule has 0 fully saturated rings. The lowest BCUT2D eigenvalue weighted by Crippen LogP contribution is -2.14. The van der Waals surface area contributed by atoms with Crippen molar-refractivity contribution in [3.05, 3.63) is 69.6 Å². The topological polar surface area (TPSA) is 60.7 Å². The summed E-state index contributed by atoms with van der Waals surface area (Å²) in [5.41, 5.74) is -3.73. The van der Waals surface area contributed by atoms with E-state index >= 15 is 0 Å². The van der Waals surface area contributed by atoms with E-state index in [1.165, 1.54) is 52.1 Å². The molecule has 0 unspecified atom stereocenters. The Bertz CT molecular complexity index is 1040. The summed E-state index contributed by atoms with van der Waals surface area (Å²) >= 11 is 1.08. The largest absolute Gasteiger partial charge is 0.456 e. The van der Waals surface area contributed by atoms with E-state index in [1.807, 2.05) is 0 Å². The molecular formula is C17H11F3N2O3S2. The van der Waals surface area contributed by atoms with Crippen LogP contribution in [0.3, 0.4) is 0 Å². The third-order valence-corrected chi connectivity index (χ3v) is 4.74. The maximum absolute atomic E-state index is 12.3. The highest BCUT2D eigenvalue weighted by atomic mass is 32.2. The number of nitrogens with zero attached hydrogens (tertiary/aromatic N) is 2. The lowest BCUT2D eigenvalue weighted by Gasteiger charge is -2.05. The fraction of sp³-hybridized carbons (Fsp3) is 0.118. The van der Waals surface area contributed by atoms with Crippen LogP contribution in [0.4, 0.5) is 13.2 Å². The molecule has 10 heteroatoms. The second-order valence-electron chi connectivity index (χ2n) is 5.20. The van der Waals surface area contributed by atoms with E-state index < -0.39 is 11.5 Å².